The van der Waals surface area contributed by atoms with Gasteiger partial charge in [-0.3, -0.25) is 9.48 Å². The number of amides is 1. The molecule has 0 atom stereocenters. The molecule has 0 aliphatic rings. The first kappa shape index (κ1) is 16.5. The highest BCUT2D eigenvalue weighted by Crippen LogP contribution is 2.22. The molecule has 2 rings (SSSR count). The Hall–Kier alpha value is -1.82. The minimum absolute atomic E-state index is 0.0696. The highest BCUT2D eigenvalue weighted by atomic mass is 79.9. The van der Waals surface area contributed by atoms with Crippen LogP contribution in [0.2, 0.25) is 0 Å². The summed E-state index contributed by atoms with van der Waals surface area (Å²) >= 11 is 3.49. The van der Waals surface area contributed by atoms with Crippen LogP contribution in [-0.2, 0) is 13.1 Å². The molecule has 22 heavy (non-hydrogen) atoms. The molecule has 0 aliphatic carbocycles. The summed E-state index contributed by atoms with van der Waals surface area (Å²) in [5.74, 6) is 0.546. The van der Waals surface area contributed by atoms with E-state index in [1.165, 1.54) is 0 Å². The first-order chi connectivity index (χ1) is 10.6. The molecule has 0 saturated heterocycles. The Labute approximate surface area is 139 Å². The summed E-state index contributed by atoms with van der Waals surface area (Å²) < 4.78 is 8.32. The van der Waals surface area contributed by atoms with Gasteiger partial charge in [-0.15, -0.1) is 0 Å². The predicted molar refractivity (Wildman–Crippen MR) is 89.0 cm³/mol. The van der Waals surface area contributed by atoms with Crippen LogP contribution in [0.4, 0.5) is 0 Å². The molecule has 1 aromatic heterocycles. The van der Waals surface area contributed by atoms with Crippen LogP contribution in [0.3, 0.4) is 0 Å². The minimum Gasteiger partial charge on any atom is -0.493 e. The van der Waals surface area contributed by atoms with E-state index in [9.17, 15) is 4.79 Å². The van der Waals surface area contributed by atoms with Gasteiger partial charge in [-0.2, -0.15) is 5.10 Å². The molecule has 0 fully saturated rings. The van der Waals surface area contributed by atoms with E-state index in [0.717, 1.165) is 16.7 Å². The lowest BCUT2D eigenvalue weighted by Crippen LogP contribution is -2.28. The minimum atomic E-state index is -0.0696. The summed E-state index contributed by atoms with van der Waals surface area (Å²) in [6.07, 6.45) is 1.76. The fourth-order valence-corrected chi connectivity index (χ4v) is 2.67. The normalized spacial score (nSPS) is 10.5. The predicted octanol–water partition coefficient (Wildman–Crippen LogP) is 3.34. The summed E-state index contributed by atoms with van der Waals surface area (Å²) in [6, 6.07) is 7.31. The van der Waals surface area contributed by atoms with Crippen molar-refractivity contribution in [1.29, 1.82) is 0 Å². The van der Waals surface area contributed by atoms with Crippen LogP contribution in [-0.4, -0.2) is 34.2 Å². The van der Waals surface area contributed by atoms with Gasteiger partial charge in [-0.05, 0) is 41.9 Å². The summed E-state index contributed by atoms with van der Waals surface area (Å²) in [4.78, 5) is 14.4. The Morgan fingerprint density at radius 3 is 2.77 bits per heavy atom. The van der Waals surface area contributed by atoms with Gasteiger partial charge in [0.2, 0.25) is 0 Å². The fourth-order valence-electron chi connectivity index (χ4n) is 2.24. The highest BCUT2D eigenvalue weighted by Gasteiger charge is 2.19. The zero-order valence-electron chi connectivity index (χ0n) is 13.0. The highest BCUT2D eigenvalue weighted by molar-refractivity contribution is 9.10. The first-order valence-electron chi connectivity index (χ1n) is 7.25. The third-order valence-corrected chi connectivity index (χ3v) is 4.01. The summed E-state index contributed by atoms with van der Waals surface area (Å²) in [6.45, 7) is 5.70. The fraction of sp³-hybridized carbons (Fsp3) is 0.375. The molecule has 1 aromatic carbocycles. The Kier molecular flexibility index (Phi) is 5.60. The molecular formula is C16H20BrN3O2. The van der Waals surface area contributed by atoms with Crippen molar-refractivity contribution in [2.75, 3.05) is 13.7 Å². The SMILES string of the molecule is CCOc1ccccc1C(=O)N(C)Cc1c(Br)cnn1CC. The number of ether oxygens (including phenoxy) is 1. The number of aromatic nitrogens is 2. The van der Waals surface area contributed by atoms with Gasteiger partial charge in [0.25, 0.3) is 5.91 Å². The largest absolute Gasteiger partial charge is 0.493 e. The number of nitrogens with zero attached hydrogens (tertiary/aromatic N) is 3. The average molecular weight is 366 g/mol. The quantitative estimate of drug-likeness (QED) is 0.788. The van der Waals surface area contributed by atoms with Crippen molar-refractivity contribution in [3.05, 3.63) is 46.2 Å². The van der Waals surface area contributed by atoms with Crippen molar-refractivity contribution in [1.82, 2.24) is 14.7 Å². The maximum atomic E-state index is 12.7. The van der Waals surface area contributed by atoms with Crippen LogP contribution < -0.4 is 4.74 Å². The van der Waals surface area contributed by atoms with Crippen molar-refractivity contribution in [3.63, 3.8) is 0 Å². The number of halogens is 1. The molecule has 0 bridgehead atoms. The van der Waals surface area contributed by atoms with Crippen molar-refractivity contribution in [2.24, 2.45) is 0 Å². The van der Waals surface area contributed by atoms with Gasteiger partial charge in [-0.25, -0.2) is 0 Å². The molecule has 0 N–H and O–H groups in total. The monoisotopic (exact) mass is 365 g/mol. The number of para-hydroxylation sites is 1. The van der Waals surface area contributed by atoms with Gasteiger partial charge in [0.05, 0.1) is 35.1 Å². The second-order valence-corrected chi connectivity index (χ2v) is 5.70. The van der Waals surface area contributed by atoms with E-state index >= 15 is 0 Å². The molecule has 0 aliphatic heterocycles. The number of carbonyl (C=O) groups is 1. The molecule has 0 unspecified atom stereocenters. The van der Waals surface area contributed by atoms with Gasteiger partial charge in [-0.1, -0.05) is 12.1 Å². The third kappa shape index (κ3) is 3.50. The summed E-state index contributed by atoms with van der Waals surface area (Å²) in [5.41, 5.74) is 1.55. The lowest BCUT2D eigenvalue weighted by molar-refractivity contribution is 0.0777. The van der Waals surface area contributed by atoms with Gasteiger partial charge in [0.1, 0.15) is 5.75 Å². The lowest BCUT2D eigenvalue weighted by Gasteiger charge is -2.19. The van der Waals surface area contributed by atoms with E-state index in [1.54, 1.807) is 24.2 Å². The van der Waals surface area contributed by atoms with Crippen LogP contribution >= 0.6 is 15.9 Å². The molecule has 0 saturated carbocycles. The van der Waals surface area contributed by atoms with E-state index in [0.29, 0.717) is 24.5 Å². The van der Waals surface area contributed by atoms with Crippen LogP contribution in [0, 0.1) is 0 Å². The maximum Gasteiger partial charge on any atom is 0.257 e. The van der Waals surface area contributed by atoms with E-state index in [1.807, 2.05) is 36.7 Å². The van der Waals surface area contributed by atoms with Crippen LogP contribution in [0.1, 0.15) is 29.9 Å². The smallest absolute Gasteiger partial charge is 0.257 e. The van der Waals surface area contributed by atoms with Crippen LogP contribution in [0.5, 0.6) is 5.75 Å². The zero-order valence-corrected chi connectivity index (χ0v) is 14.6. The number of hydrogen-bond acceptors (Lipinski definition) is 3. The average Bonchev–Trinajstić information content (AvgIpc) is 2.88. The van der Waals surface area contributed by atoms with E-state index < -0.39 is 0 Å². The number of hydrogen-bond donors (Lipinski definition) is 0. The Balaban J connectivity index is 2.21. The van der Waals surface area contributed by atoms with Gasteiger partial charge < -0.3 is 9.64 Å². The Morgan fingerprint density at radius 2 is 2.09 bits per heavy atom. The molecule has 2 aromatic rings. The van der Waals surface area contributed by atoms with E-state index in [-0.39, 0.29) is 5.91 Å². The Bertz CT molecular complexity index is 655. The van der Waals surface area contributed by atoms with Gasteiger partial charge in [0, 0.05) is 13.6 Å². The lowest BCUT2D eigenvalue weighted by atomic mass is 10.1. The Morgan fingerprint density at radius 1 is 1.36 bits per heavy atom. The van der Waals surface area contributed by atoms with Gasteiger partial charge in [0.15, 0.2) is 0 Å². The van der Waals surface area contributed by atoms with Crippen LogP contribution in [0.15, 0.2) is 34.9 Å². The second kappa shape index (κ2) is 7.45. The molecule has 5 nitrogen and oxygen atoms in total. The molecule has 1 heterocycles. The van der Waals surface area contributed by atoms with Crippen molar-refractivity contribution in [2.45, 2.75) is 26.9 Å². The van der Waals surface area contributed by atoms with Crippen molar-refractivity contribution < 1.29 is 9.53 Å². The number of benzene rings is 1. The number of aryl methyl sites for hydroxylation is 1. The molecular weight excluding hydrogens is 346 g/mol. The van der Waals surface area contributed by atoms with E-state index in [2.05, 4.69) is 21.0 Å². The van der Waals surface area contributed by atoms with E-state index in [4.69, 9.17) is 4.74 Å². The topological polar surface area (TPSA) is 47.4 Å². The number of rotatable bonds is 6. The molecule has 0 spiro atoms. The summed E-state index contributed by atoms with van der Waals surface area (Å²) in [7, 11) is 1.78. The molecule has 118 valence electrons. The van der Waals surface area contributed by atoms with Crippen molar-refractivity contribution in [3.8, 4) is 5.75 Å². The van der Waals surface area contributed by atoms with Gasteiger partial charge >= 0.3 is 0 Å². The second-order valence-electron chi connectivity index (χ2n) is 4.85. The third-order valence-electron chi connectivity index (χ3n) is 3.35. The van der Waals surface area contributed by atoms with Crippen molar-refractivity contribution >= 4 is 21.8 Å². The molecule has 6 heteroatoms. The standard InChI is InChI=1S/C16H20BrN3O2/c1-4-20-14(13(17)10-18-20)11-19(3)16(21)12-8-6-7-9-15(12)22-5-2/h6-10H,4-5,11H2,1-3H3. The summed E-state index contributed by atoms with van der Waals surface area (Å²) in [5, 5.41) is 4.27. The first-order valence-corrected chi connectivity index (χ1v) is 8.05. The number of carbonyl (C=O) groups excluding carboxylic acids is 1. The molecule has 0 radical (unpaired) electrons. The maximum absolute atomic E-state index is 12.7. The zero-order chi connectivity index (χ0) is 16.1. The van der Waals surface area contributed by atoms with Crippen LogP contribution in [0.25, 0.3) is 0 Å². The molecule has 1 amide bonds.